The second-order valence-corrected chi connectivity index (χ2v) is 4.35. The van der Waals surface area contributed by atoms with E-state index in [-0.39, 0.29) is 5.69 Å². The Morgan fingerprint density at radius 3 is 2.00 bits per heavy atom. The smallest absolute Gasteiger partial charge is 0.269 e. The molecule has 0 atom stereocenters. The molecule has 2 aromatic carbocycles. The number of nitro benzene ring substituents is 1. The third-order valence-electron chi connectivity index (χ3n) is 2.82. The molecule has 0 N–H and O–H groups in total. The monoisotopic (exact) mass is 281 g/mol. The SMILES string of the molecule is C=CCOc1ccc(C=Cc2ccc([N+](=O)[O-])cc2)cc1. The third kappa shape index (κ3) is 4.31. The molecule has 4 heteroatoms. The molecule has 0 aliphatic rings. The van der Waals surface area contributed by atoms with Gasteiger partial charge >= 0.3 is 0 Å². The number of nitro groups is 1. The molecule has 0 aromatic heterocycles. The normalized spacial score (nSPS) is 10.5. The molecule has 2 rings (SSSR count). The van der Waals surface area contributed by atoms with Crippen molar-refractivity contribution in [2.75, 3.05) is 6.61 Å². The molecule has 0 aliphatic heterocycles. The van der Waals surface area contributed by atoms with Gasteiger partial charge in [-0.05, 0) is 35.4 Å². The molecule has 0 aliphatic carbocycles. The van der Waals surface area contributed by atoms with Gasteiger partial charge in [0.25, 0.3) is 5.69 Å². The summed E-state index contributed by atoms with van der Waals surface area (Å²) in [6.45, 7) is 4.08. The molecule has 0 amide bonds. The first-order valence-corrected chi connectivity index (χ1v) is 6.45. The van der Waals surface area contributed by atoms with E-state index in [0.717, 1.165) is 16.9 Å². The van der Waals surface area contributed by atoms with E-state index in [9.17, 15) is 10.1 Å². The van der Waals surface area contributed by atoms with Crippen molar-refractivity contribution in [2.45, 2.75) is 0 Å². The van der Waals surface area contributed by atoms with Gasteiger partial charge in [0, 0.05) is 12.1 Å². The molecule has 4 nitrogen and oxygen atoms in total. The molecular weight excluding hydrogens is 266 g/mol. The first-order chi connectivity index (χ1) is 10.2. The summed E-state index contributed by atoms with van der Waals surface area (Å²) in [4.78, 5) is 10.2. The number of hydrogen-bond acceptors (Lipinski definition) is 3. The highest BCUT2D eigenvalue weighted by Crippen LogP contribution is 2.16. The summed E-state index contributed by atoms with van der Waals surface area (Å²) in [7, 11) is 0. The van der Waals surface area contributed by atoms with Gasteiger partial charge < -0.3 is 4.74 Å². The molecule has 106 valence electrons. The van der Waals surface area contributed by atoms with Crippen LogP contribution in [-0.4, -0.2) is 11.5 Å². The molecule has 0 bridgehead atoms. The van der Waals surface area contributed by atoms with Crippen LogP contribution in [0.15, 0.2) is 61.2 Å². The van der Waals surface area contributed by atoms with Gasteiger partial charge in [-0.3, -0.25) is 10.1 Å². The lowest BCUT2D eigenvalue weighted by molar-refractivity contribution is -0.384. The number of non-ortho nitro benzene ring substituents is 1. The van der Waals surface area contributed by atoms with E-state index in [2.05, 4.69) is 6.58 Å². The molecule has 0 spiro atoms. The van der Waals surface area contributed by atoms with Gasteiger partial charge in [-0.15, -0.1) is 0 Å². The van der Waals surface area contributed by atoms with Crippen LogP contribution in [0.25, 0.3) is 12.2 Å². The van der Waals surface area contributed by atoms with Crippen LogP contribution in [0, 0.1) is 10.1 Å². The van der Waals surface area contributed by atoms with E-state index in [1.807, 2.05) is 36.4 Å². The van der Waals surface area contributed by atoms with Gasteiger partial charge in [0.2, 0.25) is 0 Å². The van der Waals surface area contributed by atoms with E-state index in [0.29, 0.717) is 6.61 Å². The number of ether oxygens (including phenoxy) is 1. The predicted molar refractivity (Wildman–Crippen MR) is 84.2 cm³/mol. The van der Waals surface area contributed by atoms with Crippen LogP contribution in [0.3, 0.4) is 0 Å². The Hall–Kier alpha value is -2.88. The van der Waals surface area contributed by atoms with E-state index < -0.39 is 4.92 Å². The summed E-state index contributed by atoms with van der Waals surface area (Å²) >= 11 is 0. The summed E-state index contributed by atoms with van der Waals surface area (Å²) in [6.07, 6.45) is 5.55. The second-order valence-electron chi connectivity index (χ2n) is 4.35. The Labute approximate surface area is 123 Å². The molecule has 0 radical (unpaired) electrons. The lowest BCUT2D eigenvalue weighted by atomic mass is 10.1. The predicted octanol–water partition coefficient (Wildman–Crippen LogP) is 4.33. The van der Waals surface area contributed by atoms with E-state index in [4.69, 9.17) is 4.74 Å². The van der Waals surface area contributed by atoms with Crippen molar-refractivity contribution in [2.24, 2.45) is 0 Å². The minimum Gasteiger partial charge on any atom is -0.490 e. The van der Waals surface area contributed by atoms with Crippen LogP contribution in [0.4, 0.5) is 5.69 Å². The van der Waals surface area contributed by atoms with Gasteiger partial charge in [0.05, 0.1) is 4.92 Å². The van der Waals surface area contributed by atoms with E-state index in [1.54, 1.807) is 18.2 Å². The highest BCUT2D eigenvalue weighted by atomic mass is 16.6. The minimum atomic E-state index is -0.407. The lowest BCUT2D eigenvalue weighted by Gasteiger charge is -2.02. The van der Waals surface area contributed by atoms with E-state index >= 15 is 0 Å². The maximum absolute atomic E-state index is 10.6. The molecular formula is C17H15NO3. The zero-order chi connectivity index (χ0) is 15.1. The van der Waals surface area contributed by atoms with Crippen LogP contribution in [0.5, 0.6) is 5.75 Å². The van der Waals surface area contributed by atoms with Crippen LogP contribution in [-0.2, 0) is 0 Å². The third-order valence-corrected chi connectivity index (χ3v) is 2.82. The van der Waals surface area contributed by atoms with Crippen molar-refractivity contribution in [3.63, 3.8) is 0 Å². The quantitative estimate of drug-likeness (QED) is 0.343. The van der Waals surface area contributed by atoms with Crippen LogP contribution >= 0.6 is 0 Å². The Balaban J connectivity index is 2.03. The minimum absolute atomic E-state index is 0.0934. The highest BCUT2D eigenvalue weighted by molar-refractivity contribution is 5.70. The summed E-state index contributed by atoms with van der Waals surface area (Å²) in [5.74, 6) is 0.794. The highest BCUT2D eigenvalue weighted by Gasteiger charge is 2.02. The zero-order valence-corrected chi connectivity index (χ0v) is 11.4. The van der Waals surface area contributed by atoms with E-state index in [1.165, 1.54) is 12.1 Å². The van der Waals surface area contributed by atoms with Crippen molar-refractivity contribution >= 4 is 17.8 Å². The first-order valence-electron chi connectivity index (χ1n) is 6.45. The number of hydrogen-bond donors (Lipinski definition) is 0. The zero-order valence-electron chi connectivity index (χ0n) is 11.4. The number of nitrogens with zero attached hydrogens (tertiary/aromatic N) is 1. The molecule has 21 heavy (non-hydrogen) atoms. The topological polar surface area (TPSA) is 52.4 Å². The molecule has 0 saturated heterocycles. The van der Waals surface area contributed by atoms with Crippen LogP contribution < -0.4 is 4.74 Å². The standard InChI is InChI=1S/C17H15NO3/c1-2-13-21-17-11-7-15(8-12-17)4-3-14-5-9-16(10-6-14)18(19)20/h2-12H,1,13H2. The summed E-state index contributed by atoms with van der Waals surface area (Å²) in [6, 6.07) is 14.1. The maximum atomic E-state index is 10.6. The van der Waals surface area contributed by atoms with Crippen LogP contribution in [0.1, 0.15) is 11.1 Å². The van der Waals surface area contributed by atoms with Gasteiger partial charge in [0.1, 0.15) is 12.4 Å². The Bertz CT molecular complexity index is 643. The van der Waals surface area contributed by atoms with Crippen molar-refractivity contribution in [3.8, 4) is 5.75 Å². The second kappa shape index (κ2) is 7.05. The number of rotatable bonds is 6. The van der Waals surface area contributed by atoms with Crippen molar-refractivity contribution in [3.05, 3.63) is 82.4 Å². The Morgan fingerprint density at radius 1 is 1.00 bits per heavy atom. The Morgan fingerprint density at radius 2 is 1.52 bits per heavy atom. The van der Waals surface area contributed by atoms with Gasteiger partial charge in [-0.2, -0.15) is 0 Å². The average Bonchev–Trinajstić information content (AvgIpc) is 2.52. The summed E-state index contributed by atoms with van der Waals surface area (Å²) in [5, 5.41) is 10.6. The fraction of sp³-hybridized carbons (Fsp3) is 0.0588. The molecule has 0 heterocycles. The molecule has 0 unspecified atom stereocenters. The van der Waals surface area contributed by atoms with Crippen molar-refractivity contribution in [1.29, 1.82) is 0 Å². The average molecular weight is 281 g/mol. The van der Waals surface area contributed by atoms with Gasteiger partial charge in [0.15, 0.2) is 0 Å². The molecule has 2 aromatic rings. The van der Waals surface area contributed by atoms with Gasteiger partial charge in [-0.25, -0.2) is 0 Å². The number of benzene rings is 2. The fourth-order valence-corrected chi connectivity index (χ4v) is 1.73. The van der Waals surface area contributed by atoms with Crippen LogP contribution in [0.2, 0.25) is 0 Å². The van der Waals surface area contributed by atoms with Gasteiger partial charge in [-0.1, -0.05) is 36.9 Å². The maximum Gasteiger partial charge on any atom is 0.269 e. The summed E-state index contributed by atoms with van der Waals surface area (Å²) < 4.78 is 5.40. The first kappa shape index (κ1) is 14.5. The van der Waals surface area contributed by atoms with Crippen molar-refractivity contribution < 1.29 is 9.66 Å². The van der Waals surface area contributed by atoms with Crippen molar-refractivity contribution in [1.82, 2.24) is 0 Å². The lowest BCUT2D eigenvalue weighted by Crippen LogP contribution is -1.91. The largest absolute Gasteiger partial charge is 0.490 e. The summed E-state index contributed by atoms with van der Waals surface area (Å²) in [5.41, 5.74) is 2.03. The molecule has 0 fully saturated rings. The Kier molecular flexibility index (Phi) is 4.88. The fourth-order valence-electron chi connectivity index (χ4n) is 1.73. The molecule has 0 saturated carbocycles.